The van der Waals surface area contributed by atoms with Crippen LogP contribution < -0.4 is 20.1 Å². The predicted octanol–water partition coefficient (Wildman–Crippen LogP) is 5.08. The van der Waals surface area contributed by atoms with E-state index in [0.717, 1.165) is 21.6 Å². The number of hydrogen-bond acceptors (Lipinski definition) is 5. The van der Waals surface area contributed by atoms with E-state index in [1.807, 2.05) is 44.2 Å². The molecule has 0 unspecified atom stereocenters. The molecule has 9 heteroatoms. The van der Waals surface area contributed by atoms with Crippen molar-refractivity contribution in [1.82, 2.24) is 10.2 Å². The van der Waals surface area contributed by atoms with Crippen molar-refractivity contribution in [2.24, 2.45) is 0 Å². The first-order valence-corrected chi connectivity index (χ1v) is 11.9. The van der Waals surface area contributed by atoms with E-state index in [0.29, 0.717) is 29.4 Å². The van der Waals surface area contributed by atoms with E-state index in [4.69, 9.17) is 21.1 Å². The monoisotopic (exact) mass is 519 g/mol. The Morgan fingerprint density at radius 1 is 1.05 bits per heavy atom. The van der Waals surface area contributed by atoms with Gasteiger partial charge in [-0.2, -0.15) is 0 Å². The smallest absolute Gasteiger partial charge is 0.329 e. The van der Waals surface area contributed by atoms with Gasteiger partial charge in [0.25, 0.3) is 5.91 Å². The summed E-state index contributed by atoms with van der Waals surface area (Å²) < 4.78 is 11.4. The van der Waals surface area contributed by atoms with Gasteiger partial charge in [-0.05, 0) is 60.9 Å². The fraction of sp³-hybridized carbons (Fsp3) is 0.179. The fourth-order valence-electron chi connectivity index (χ4n) is 3.87. The maximum absolute atomic E-state index is 12.9. The van der Waals surface area contributed by atoms with Gasteiger partial charge in [-0.15, -0.1) is 0 Å². The largest absolute Gasteiger partial charge is 0.493 e. The number of aryl methyl sites for hydroxylation is 2. The molecule has 3 aromatic rings. The van der Waals surface area contributed by atoms with E-state index in [-0.39, 0.29) is 10.7 Å². The summed E-state index contributed by atoms with van der Waals surface area (Å²) in [5.74, 6) is -0.378. The van der Waals surface area contributed by atoms with Gasteiger partial charge in [0.05, 0.1) is 12.1 Å². The van der Waals surface area contributed by atoms with E-state index in [1.54, 1.807) is 30.3 Å². The van der Waals surface area contributed by atoms with Crippen LogP contribution in [-0.2, 0) is 16.2 Å². The number of amides is 4. The molecule has 1 aliphatic heterocycles. The van der Waals surface area contributed by atoms with Gasteiger partial charge in [0.1, 0.15) is 18.8 Å². The molecule has 37 heavy (non-hydrogen) atoms. The Kier molecular flexibility index (Phi) is 7.79. The van der Waals surface area contributed by atoms with Crippen LogP contribution in [-0.4, -0.2) is 36.4 Å². The number of carbonyl (C=O) groups excluding carboxylic acids is 3. The first-order valence-electron chi connectivity index (χ1n) is 11.5. The molecule has 0 aliphatic carbocycles. The van der Waals surface area contributed by atoms with Crippen molar-refractivity contribution in [3.05, 3.63) is 93.6 Å². The number of benzene rings is 3. The van der Waals surface area contributed by atoms with Gasteiger partial charge in [-0.25, -0.2) is 9.69 Å². The van der Waals surface area contributed by atoms with Crippen molar-refractivity contribution in [3.8, 4) is 11.5 Å². The Hall–Kier alpha value is -4.30. The Labute approximate surface area is 219 Å². The molecule has 4 rings (SSSR count). The molecule has 1 heterocycles. The second-order valence-corrected chi connectivity index (χ2v) is 9.02. The average Bonchev–Trinajstić information content (AvgIpc) is 3.10. The van der Waals surface area contributed by atoms with E-state index in [2.05, 4.69) is 10.6 Å². The number of carbonyl (C=O) groups is 3. The number of rotatable bonds is 8. The zero-order chi connectivity index (χ0) is 26.5. The van der Waals surface area contributed by atoms with Crippen LogP contribution in [0.5, 0.6) is 11.5 Å². The summed E-state index contributed by atoms with van der Waals surface area (Å²) in [6.07, 6.45) is 1.47. The SMILES string of the molecule is COc1cc(/C=C2/NC(=O)N(CC(=O)Nc3cccc(C)c3)C2=O)cc(Cl)c1OCc1cccc(C)c1. The summed E-state index contributed by atoms with van der Waals surface area (Å²) in [5.41, 5.74) is 4.18. The molecule has 3 aromatic carbocycles. The standard InChI is InChI=1S/C28H26ClN3O5/c1-17-6-4-8-19(10-17)16-37-26-22(29)12-20(14-24(26)36-3)13-23-27(34)32(28(35)31-23)15-25(33)30-21-9-5-7-18(2)11-21/h4-14H,15-16H2,1-3H3,(H,30,33)(H,31,35)/b23-13+. The van der Waals surface area contributed by atoms with Gasteiger partial charge >= 0.3 is 6.03 Å². The highest BCUT2D eigenvalue weighted by molar-refractivity contribution is 6.32. The molecule has 1 fully saturated rings. The summed E-state index contributed by atoms with van der Waals surface area (Å²) in [5, 5.41) is 5.48. The third-order valence-corrected chi connectivity index (χ3v) is 5.88. The lowest BCUT2D eigenvalue weighted by Gasteiger charge is -2.14. The minimum absolute atomic E-state index is 0.0138. The lowest BCUT2D eigenvalue weighted by atomic mass is 10.1. The summed E-state index contributed by atoms with van der Waals surface area (Å²) in [7, 11) is 1.49. The molecule has 4 amide bonds. The molecular formula is C28H26ClN3O5. The number of urea groups is 1. The van der Waals surface area contributed by atoms with Crippen LogP contribution in [0, 0.1) is 13.8 Å². The van der Waals surface area contributed by atoms with E-state index >= 15 is 0 Å². The number of hydrogen-bond donors (Lipinski definition) is 2. The molecule has 0 saturated carbocycles. The highest BCUT2D eigenvalue weighted by Gasteiger charge is 2.35. The van der Waals surface area contributed by atoms with Crippen LogP contribution in [0.4, 0.5) is 10.5 Å². The van der Waals surface area contributed by atoms with E-state index in [9.17, 15) is 14.4 Å². The highest BCUT2D eigenvalue weighted by Crippen LogP contribution is 2.37. The number of nitrogens with zero attached hydrogens (tertiary/aromatic N) is 1. The number of methoxy groups -OCH3 is 1. The molecular weight excluding hydrogens is 494 g/mol. The van der Waals surface area contributed by atoms with Crippen molar-refractivity contribution >= 4 is 41.2 Å². The molecule has 0 bridgehead atoms. The third kappa shape index (κ3) is 6.29. The van der Waals surface area contributed by atoms with Gasteiger partial charge in [0.2, 0.25) is 5.91 Å². The molecule has 1 saturated heterocycles. The first kappa shape index (κ1) is 25.8. The molecule has 1 aliphatic rings. The first-order chi connectivity index (χ1) is 17.7. The number of halogens is 1. The summed E-state index contributed by atoms with van der Waals surface area (Å²) in [4.78, 5) is 38.6. The van der Waals surface area contributed by atoms with Gasteiger partial charge in [-0.3, -0.25) is 9.59 Å². The second kappa shape index (κ2) is 11.2. The Bertz CT molecular complexity index is 1400. The van der Waals surface area contributed by atoms with Crippen molar-refractivity contribution < 1.29 is 23.9 Å². The van der Waals surface area contributed by atoms with Gasteiger partial charge in [0.15, 0.2) is 11.5 Å². The molecule has 8 nitrogen and oxygen atoms in total. The van der Waals surface area contributed by atoms with Crippen molar-refractivity contribution in [3.63, 3.8) is 0 Å². The van der Waals surface area contributed by atoms with Crippen LogP contribution in [0.25, 0.3) is 6.08 Å². The quantitative estimate of drug-likeness (QED) is 0.320. The molecule has 0 aromatic heterocycles. The number of imide groups is 1. The molecule has 2 N–H and O–H groups in total. The molecule has 0 atom stereocenters. The second-order valence-electron chi connectivity index (χ2n) is 8.61. The van der Waals surface area contributed by atoms with Crippen LogP contribution >= 0.6 is 11.6 Å². The van der Waals surface area contributed by atoms with Crippen molar-refractivity contribution in [1.29, 1.82) is 0 Å². The van der Waals surface area contributed by atoms with E-state index in [1.165, 1.54) is 13.2 Å². The topological polar surface area (TPSA) is 97.0 Å². The predicted molar refractivity (Wildman–Crippen MR) is 142 cm³/mol. The molecule has 190 valence electrons. The molecule has 0 spiro atoms. The lowest BCUT2D eigenvalue weighted by molar-refractivity contribution is -0.127. The lowest BCUT2D eigenvalue weighted by Crippen LogP contribution is -2.38. The summed E-state index contributed by atoms with van der Waals surface area (Å²) in [6, 6.07) is 17.7. The molecule has 0 radical (unpaired) electrons. The van der Waals surface area contributed by atoms with Crippen molar-refractivity contribution in [2.75, 3.05) is 19.0 Å². The van der Waals surface area contributed by atoms with E-state index < -0.39 is 24.4 Å². The minimum Gasteiger partial charge on any atom is -0.493 e. The van der Waals surface area contributed by atoms with Crippen LogP contribution in [0.2, 0.25) is 5.02 Å². The number of nitrogens with one attached hydrogen (secondary N) is 2. The number of anilines is 1. The number of ether oxygens (including phenoxy) is 2. The summed E-state index contributed by atoms with van der Waals surface area (Å²) >= 11 is 6.48. The zero-order valence-electron chi connectivity index (χ0n) is 20.6. The minimum atomic E-state index is -0.688. The fourth-order valence-corrected chi connectivity index (χ4v) is 4.14. The highest BCUT2D eigenvalue weighted by atomic mass is 35.5. The van der Waals surface area contributed by atoms with Crippen LogP contribution in [0.15, 0.2) is 66.4 Å². The Morgan fingerprint density at radius 3 is 2.49 bits per heavy atom. The van der Waals surface area contributed by atoms with Gasteiger partial charge < -0.3 is 20.1 Å². The summed E-state index contributed by atoms with van der Waals surface area (Å²) in [6.45, 7) is 3.77. The Morgan fingerprint density at radius 2 is 1.78 bits per heavy atom. The zero-order valence-corrected chi connectivity index (χ0v) is 21.4. The third-order valence-electron chi connectivity index (χ3n) is 5.59. The van der Waals surface area contributed by atoms with Crippen LogP contribution in [0.1, 0.15) is 22.3 Å². The maximum atomic E-state index is 12.9. The maximum Gasteiger partial charge on any atom is 0.329 e. The Balaban J connectivity index is 1.47. The van der Waals surface area contributed by atoms with Gasteiger partial charge in [0, 0.05) is 5.69 Å². The normalized spacial score (nSPS) is 14.1. The van der Waals surface area contributed by atoms with Gasteiger partial charge in [-0.1, -0.05) is 53.6 Å². The van der Waals surface area contributed by atoms with Crippen LogP contribution in [0.3, 0.4) is 0 Å². The average molecular weight is 520 g/mol. The van der Waals surface area contributed by atoms with Crippen molar-refractivity contribution in [2.45, 2.75) is 20.5 Å².